The Labute approximate surface area is 207 Å². The number of carbonyl (C=O) groups excluding carboxylic acids is 2. The Morgan fingerprint density at radius 2 is 2.09 bits per heavy atom. The maximum Gasteiger partial charge on any atom is 0.316 e. The fourth-order valence-electron chi connectivity index (χ4n) is 7.31. The van der Waals surface area contributed by atoms with Gasteiger partial charge < -0.3 is 15.6 Å². The Kier molecular flexibility index (Phi) is 6.66. The van der Waals surface area contributed by atoms with Crippen LogP contribution in [0.25, 0.3) is 0 Å². The van der Waals surface area contributed by atoms with Crippen molar-refractivity contribution in [3.8, 4) is 0 Å². The number of ether oxygens (including phenoxy) is 1. The number of Topliss-reactive ketones (excluding diaryl/α,β-unsaturated/α-hetero) is 1. The third-order valence-electron chi connectivity index (χ3n) is 9.69. The molecule has 7 heteroatoms. The molecule has 1 aromatic heterocycles. The molecule has 1 aromatic rings. The summed E-state index contributed by atoms with van der Waals surface area (Å²) in [5, 5.41) is 11.6. The summed E-state index contributed by atoms with van der Waals surface area (Å²) in [5.41, 5.74) is 4.27. The molecule has 3 fully saturated rings. The van der Waals surface area contributed by atoms with Gasteiger partial charge in [0.1, 0.15) is 17.7 Å². The highest BCUT2D eigenvalue weighted by atomic mass is 32.2. The summed E-state index contributed by atoms with van der Waals surface area (Å²) in [5.74, 6) is 0.478. The highest BCUT2D eigenvalue weighted by Crippen LogP contribution is 2.68. The fraction of sp³-hybridized carbons (Fsp3) is 0.667. The minimum absolute atomic E-state index is 0.0380. The smallest absolute Gasteiger partial charge is 0.316 e. The number of nitrogens with two attached hydrogens (primary N) is 1. The molecule has 3 N–H and O–H groups in total. The minimum Gasteiger partial charge on any atom is -0.461 e. The first-order valence-corrected chi connectivity index (χ1v) is 13.3. The van der Waals surface area contributed by atoms with E-state index < -0.39 is 23.0 Å². The van der Waals surface area contributed by atoms with Crippen molar-refractivity contribution in [2.24, 2.45) is 34.0 Å². The van der Waals surface area contributed by atoms with Gasteiger partial charge in [-0.2, -0.15) is 0 Å². The maximum absolute atomic E-state index is 13.4. The van der Waals surface area contributed by atoms with Crippen LogP contribution >= 0.6 is 11.8 Å². The minimum atomic E-state index is -0.659. The van der Waals surface area contributed by atoms with Crippen LogP contribution in [0.15, 0.2) is 35.9 Å². The number of rotatable bonds is 5. The molecule has 186 valence electrons. The molecule has 3 aliphatic carbocycles. The predicted octanol–water partition coefficient (Wildman–Crippen LogP) is 4.66. The largest absolute Gasteiger partial charge is 0.461 e. The number of hydrogen-bond acceptors (Lipinski definition) is 7. The number of carbonyl (C=O) groups is 2. The van der Waals surface area contributed by atoms with Gasteiger partial charge >= 0.3 is 5.97 Å². The predicted molar refractivity (Wildman–Crippen MR) is 134 cm³/mol. The van der Waals surface area contributed by atoms with Crippen molar-refractivity contribution in [3.05, 3.63) is 31.0 Å². The van der Waals surface area contributed by atoms with Crippen molar-refractivity contribution in [1.82, 2.24) is 4.98 Å². The summed E-state index contributed by atoms with van der Waals surface area (Å²) in [4.78, 5) is 31.5. The summed E-state index contributed by atoms with van der Waals surface area (Å²) < 4.78 is 6.25. The number of aliphatic hydroxyl groups excluding tert-OH is 1. The average Bonchev–Trinajstić information content (AvgIpc) is 3.17. The summed E-state index contributed by atoms with van der Waals surface area (Å²) in [6.07, 6.45) is 5.98. The van der Waals surface area contributed by atoms with E-state index in [0.29, 0.717) is 18.7 Å². The van der Waals surface area contributed by atoms with Crippen LogP contribution in [0, 0.1) is 34.0 Å². The average molecular weight is 487 g/mol. The molecule has 0 unspecified atom stereocenters. The molecule has 3 saturated carbocycles. The molecular formula is C27H38N2O4S. The van der Waals surface area contributed by atoms with Crippen molar-refractivity contribution in [2.45, 2.75) is 76.9 Å². The van der Waals surface area contributed by atoms with Crippen LogP contribution in [0.2, 0.25) is 0 Å². The van der Waals surface area contributed by atoms with Gasteiger partial charge in [-0.3, -0.25) is 9.59 Å². The quantitative estimate of drug-likeness (QED) is 0.354. The molecule has 0 aromatic carbocycles. The molecule has 0 radical (unpaired) electrons. The number of aromatic nitrogens is 1. The lowest BCUT2D eigenvalue weighted by atomic mass is 9.44. The molecule has 0 aliphatic heterocycles. The van der Waals surface area contributed by atoms with Gasteiger partial charge in [0.05, 0.1) is 11.9 Å². The molecule has 0 saturated heterocycles. The molecule has 0 amide bonds. The lowest BCUT2D eigenvalue weighted by Crippen LogP contribution is -2.63. The second kappa shape index (κ2) is 8.98. The summed E-state index contributed by atoms with van der Waals surface area (Å²) in [6.45, 7) is 12.5. The highest BCUT2D eigenvalue weighted by Gasteiger charge is 2.68. The molecule has 0 spiro atoms. The fourth-order valence-corrected chi connectivity index (χ4v) is 7.96. The van der Waals surface area contributed by atoms with Gasteiger partial charge in [-0.05, 0) is 55.1 Å². The van der Waals surface area contributed by atoms with Gasteiger partial charge in [-0.25, -0.2) is 4.98 Å². The summed E-state index contributed by atoms with van der Waals surface area (Å²) in [7, 11) is 0. The van der Waals surface area contributed by atoms with E-state index in [2.05, 4.69) is 32.3 Å². The molecule has 6 nitrogen and oxygen atoms in total. The van der Waals surface area contributed by atoms with E-state index in [0.717, 1.165) is 24.2 Å². The molecule has 2 bridgehead atoms. The van der Waals surface area contributed by atoms with Crippen molar-refractivity contribution in [2.75, 3.05) is 11.5 Å². The number of nitrogens with zero attached hydrogens (tertiary/aromatic N) is 1. The van der Waals surface area contributed by atoms with Gasteiger partial charge in [0.15, 0.2) is 0 Å². The van der Waals surface area contributed by atoms with E-state index in [-0.39, 0.29) is 40.7 Å². The number of anilines is 1. The monoisotopic (exact) mass is 486 g/mol. The maximum atomic E-state index is 13.4. The number of ketones is 1. The Bertz CT molecular complexity index is 968. The molecule has 4 rings (SSSR count). The zero-order valence-corrected chi connectivity index (χ0v) is 21.6. The Balaban J connectivity index is 1.68. The first kappa shape index (κ1) is 25.2. The van der Waals surface area contributed by atoms with Crippen LogP contribution in [-0.4, -0.2) is 39.8 Å². The van der Waals surface area contributed by atoms with Crippen molar-refractivity contribution < 1.29 is 19.4 Å². The van der Waals surface area contributed by atoms with Crippen LogP contribution in [-0.2, 0) is 14.3 Å². The van der Waals surface area contributed by atoms with Crippen molar-refractivity contribution in [1.29, 1.82) is 0 Å². The highest BCUT2D eigenvalue weighted by molar-refractivity contribution is 8.00. The number of aliphatic hydroxyl groups is 1. The standard InChI is InChI=1S/C27H38N2O4S/c1-6-25(4)13-20(33-22(31)15-34-18-7-8-21(28)29-14-18)26(5)16(2)9-11-27(17(3)24(25)32)12-10-19(30)23(26)27/h6-8,14,16-17,20,23-24,32H,1,9-13,15H2,2-5H3,(H2,28,29)/t16-,17+,20-,23+,24+,25-,26+,27+/m1/s1. The van der Waals surface area contributed by atoms with Crippen LogP contribution < -0.4 is 5.73 Å². The van der Waals surface area contributed by atoms with Crippen LogP contribution in [0.4, 0.5) is 5.82 Å². The lowest BCUT2D eigenvalue weighted by Gasteiger charge is -2.61. The third kappa shape index (κ3) is 3.89. The molecule has 8 atom stereocenters. The van der Waals surface area contributed by atoms with Gasteiger partial charge in [0, 0.05) is 34.3 Å². The first-order valence-electron chi connectivity index (χ1n) is 12.4. The number of nitrogen functional groups attached to an aromatic ring is 1. The molecule has 1 heterocycles. The van der Waals surface area contributed by atoms with Crippen LogP contribution in [0.3, 0.4) is 0 Å². The summed E-state index contributed by atoms with van der Waals surface area (Å²) in [6, 6.07) is 3.54. The van der Waals surface area contributed by atoms with Crippen molar-refractivity contribution in [3.63, 3.8) is 0 Å². The van der Waals surface area contributed by atoms with E-state index in [1.165, 1.54) is 11.8 Å². The first-order chi connectivity index (χ1) is 16.0. The second-order valence-corrected chi connectivity index (χ2v) is 12.3. The van der Waals surface area contributed by atoms with E-state index in [1.807, 2.05) is 19.1 Å². The van der Waals surface area contributed by atoms with E-state index in [9.17, 15) is 14.7 Å². The molecule has 3 aliphatic rings. The van der Waals surface area contributed by atoms with Crippen molar-refractivity contribution >= 4 is 29.3 Å². The Morgan fingerprint density at radius 1 is 1.35 bits per heavy atom. The Morgan fingerprint density at radius 3 is 2.74 bits per heavy atom. The number of thioether (sulfide) groups is 1. The van der Waals surface area contributed by atoms with E-state index in [4.69, 9.17) is 10.5 Å². The number of hydrogen-bond donors (Lipinski definition) is 2. The zero-order valence-electron chi connectivity index (χ0n) is 20.8. The molecule has 34 heavy (non-hydrogen) atoms. The third-order valence-corrected chi connectivity index (χ3v) is 10.6. The topological polar surface area (TPSA) is 103 Å². The van der Waals surface area contributed by atoms with Gasteiger partial charge in [0.25, 0.3) is 0 Å². The summed E-state index contributed by atoms with van der Waals surface area (Å²) >= 11 is 1.35. The number of esters is 1. The van der Waals surface area contributed by atoms with Crippen LogP contribution in [0.5, 0.6) is 0 Å². The van der Waals surface area contributed by atoms with Gasteiger partial charge in [-0.15, -0.1) is 18.3 Å². The van der Waals surface area contributed by atoms with E-state index in [1.54, 1.807) is 12.3 Å². The lowest BCUT2D eigenvalue weighted by molar-refractivity contribution is -0.205. The SMILES string of the molecule is C=C[C@]1(C)C[C@@H](OC(=O)CSc2ccc(N)nc2)[C@]2(C)[C@H](C)CC[C@]3(CCC(=O)[C@H]32)[C@@H](C)[C@@H]1O. The van der Waals surface area contributed by atoms with Gasteiger partial charge in [-0.1, -0.05) is 33.8 Å². The molecular weight excluding hydrogens is 448 g/mol. The van der Waals surface area contributed by atoms with Gasteiger partial charge in [0.2, 0.25) is 0 Å². The van der Waals surface area contributed by atoms with Crippen LogP contribution in [0.1, 0.15) is 59.8 Å². The van der Waals surface area contributed by atoms with E-state index >= 15 is 0 Å². The normalized spacial score (nSPS) is 41.8. The second-order valence-electron chi connectivity index (χ2n) is 11.3. The number of pyridine rings is 1. The zero-order chi connectivity index (χ0) is 24.9. The Hall–Kier alpha value is -1.86.